The molecule has 0 saturated heterocycles. The summed E-state index contributed by atoms with van der Waals surface area (Å²) in [5, 5.41) is 11.1. The second kappa shape index (κ2) is 4.67. The molecule has 0 aliphatic heterocycles. The predicted octanol–water partition coefficient (Wildman–Crippen LogP) is 2.05. The second-order valence-electron chi connectivity index (χ2n) is 4.61. The molecule has 0 spiro atoms. The van der Waals surface area contributed by atoms with Crippen LogP contribution in [0.5, 0.6) is 0 Å². The summed E-state index contributed by atoms with van der Waals surface area (Å²) >= 11 is 1.42. The quantitative estimate of drug-likeness (QED) is 0.505. The molecule has 8 heteroatoms. The highest BCUT2D eigenvalue weighted by atomic mass is 32.1. The number of rotatable bonds is 3. The Kier molecular flexibility index (Phi) is 2.68. The highest BCUT2D eigenvalue weighted by Gasteiger charge is 2.18. The highest BCUT2D eigenvalue weighted by molar-refractivity contribution is 7.10. The summed E-state index contributed by atoms with van der Waals surface area (Å²) in [6.07, 6.45) is 9.26. The van der Waals surface area contributed by atoms with Crippen molar-refractivity contribution in [3.05, 3.63) is 42.7 Å². The number of H-pyrrole nitrogens is 2. The molecule has 3 N–H and O–H groups in total. The lowest BCUT2D eigenvalue weighted by Gasteiger charge is -1.99. The van der Waals surface area contributed by atoms with Crippen LogP contribution in [-0.4, -0.2) is 24.5 Å². The first-order valence-corrected chi connectivity index (χ1v) is 7.16. The summed E-state index contributed by atoms with van der Waals surface area (Å²) in [4.78, 5) is 7.65. The molecule has 7 nitrogen and oxygen atoms in total. The Morgan fingerprint density at radius 1 is 1.33 bits per heavy atom. The van der Waals surface area contributed by atoms with Crippen molar-refractivity contribution in [2.75, 3.05) is 5.32 Å². The van der Waals surface area contributed by atoms with Crippen molar-refractivity contribution in [2.45, 2.75) is 6.92 Å². The largest absolute Gasteiger partial charge is 0.328 e. The number of fused-ring (bicyclic) bond motifs is 1. The Bertz CT molecular complexity index is 890. The molecule has 4 rings (SSSR count). The Morgan fingerprint density at radius 3 is 3.05 bits per heavy atom. The van der Waals surface area contributed by atoms with Crippen LogP contribution in [0.3, 0.4) is 0 Å². The first kappa shape index (κ1) is 12.0. The summed E-state index contributed by atoms with van der Waals surface area (Å²) in [7, 11) is 0. The van der Waals surface area contributed by atoms with E-state index in [1.165, 1.54) is 11.5 Å². The number of nitrogens with zero attached hydrogens (tertiary/aromatic N) is 4. The summed E-state index contributed by atoms with van der Waals surface area (Å²) in [5.41, 5.74) is 3.91. The fourth-order valence-electron chi connectivity index (χ4n) is 2.21. The van der Waals surface area contributed by atoms with Crippen molar-refractivity contribution in [1.82, 2.24) is 24.5 Å². The summed E-state index contributed by atoms with van der Waals surface area (Å²) in [6, 6.07) is 2.00. The maximum atomic E-state index is 4.40. The molecular weight excluding hydrogens is 286 g/mol. The molecule has 0 bridgehead atoms. The minimum absolute atomic E-state index is 0.760. The van der Waals surface area contributed by atoms with Crippen molar-refractivity contribution in [2.24, 2.45) is 0 Å². The summed E-state index contributed by atoms with van der Waals surface area (Å²) in [5.74, 6) is 0.760. The normalized spacial score (nSPS) is 11.1. The number of anilines is 2. The van der Waals surface area contributed by atoms with Crippen molar-refractivity contribution in [3.8, 4) is 11.3 Å². The Labute approximate surface area is 123 Å². The van der Waals surface area contributed by atoms with Gasteiger partial charge in [0.2, 0.25) is 5.82 Å². The third-order valence-corrected chi connectivity index (χ3v) is 3.95. The van der Waals surface area contributed by atoms with Gasteiger partial charge < -0.3 is 5.32 Å². The first-order valence-electron chi connectivity index (χ1n) is 6.38. The second-order valence-corrected chi connectivity index (χ2v) is 5.42. The van der Waals surface area contributed by atoms with Crippen LogP contribution < -0.4 is 9.72 Å². The standard InChI is InChI=1S/C13H11N7S/c1-8-4-11(21-19-8)18-12-13-15-7-10(9-5-16-17-6-9)20(13)3-2-14-12/h2-7H,1H3,(H2,14,16,17,18,19)/p+1. The zero-order chi connectivity index (χ0) is 14.2. The van der Waals surface area contributed by atoms with Crippen LogP contribution in [-0.2, 0) is 0 Å². The molecule has 0 radical (unpaired) electrons. The van der Waals surface area contributed by atoms with Gasteiger partial charge in [0.1, 0.15) is 17.4 Å². The van der Waals surface area contributed by atoms with Crippen molar-refractivity contribution >= 4 is 28.0 Å². The lowest BCUT2D eigenvalue weighted by Crippen LogP contribution is -2.22. The molecule has 4 aromatic rings. The van der Waals surface area contributed by atoms with Crippen LogP contribution in [0.15, 0.2) is 37.1 Å². The van der Waals surface area contributed by atoms with Crippen LogP contribution in [0.25, 0.3) is 16.9 Å². The molecule has 4 aromatic heterocycles. The maximum Gasteiger partial charge on any atom is 0.328 e. The van der Waals surface area contributed by atoms with Gasteiger partial charge in [-0.1, -0.05) is 0 Å². The Morgan fingerprint density at radius 2 is 2.29 bits per heavy atom. The fraction of sp³-hybridized carbons (Fsp3) is 0.0769. The SMILES string of the molecule is Cc1cc(Nc2ncc[n+]3c(-c4cn[nH]c4)c[nH]c23)sn1. The first-order chi connectivity index (χ1) is 10.3. The molecule has 4 heterocycles. The number of aromatic amines is 2. The molecule has 0 aromatic carbocycles. The average Bonchev–Trinajstić information content (AvgIpc) is 3.18. The van der Waals surface area contributed by atoms with Crippen molar-refractivity contribution in [1.29, 1.82) is 0 Å². The van der Waals surface area contributed by atoms with Gasteiger partial charge in [0.25, 0.3) is 0 Å². The molecule has 0 saturated carbocycles. The molecule has 0 amide bonds. The van der Waals surface area contributed by atoms with E-state index in [2.05, 4.69) is 29.9 Å². The van der Waals surface area contributed by atoms with Gasteiger partial charge in [0, 0.05) is 6.20 Å². The zero-order valence-corrected chi connectivity index (χ0v) is 12.0. The molecule has 104 valence electrons. The summed E-state index contributed by atoms with van der Waals surface area (Å²) < 4.78 is 6.30. The molecule has 0 unspecified atom stereocenters. The fourth-order valence-corrected chi connectivity index (χ4v) is 2.87. The monoisotopic (exact) mass is 298 g/mol. The van der Waals surface area contributed by atoms with Crippen LogP contribution >= 0.6 is 11.5 Å². The average molecular weight is 298 g/mol. The van der Waals surface area contributed by atoms with Gasteiger partial charge in [-0.05, 0) is 24.5 Å². The zero-order valence-electron chi connectivity index (χ0n) is 11.2. The molecule has 0 fully saturated rings. The number of aromatic nitrogens is 6. The van der Waals surface area contributed by atoms with E-state index in [9.17, 15) is 0 Å². The molecule has 21 heavy (non-hydrogen) atoms. The van der Waals surface area contributed by atoms with E-state index in [4.69, 9.17) is 0 Å². The lowest BCUT2D eigenvalue weighted by molar-refractivity contribution is -0.497. The van der Waals surface area contributed by atoms with Crippen LogP contribution in [0.4, 0.5) is 10.8 Å². The Balaban J connectivity index is 1.80. The summed E-state index contributed by atoms with van der Waals surface area (Å²) in [6.45, 7) is 1.97. The number of hydrogen-bond acceptors (Lipinski definition) is 5. The smallest absolute Gasteiger partial charge is 0.324 e. The third-order valence-electron chi connectivity index (χ3n) is 3.15. The van der Waals surface area contributed by atoms with E-state index < -0.39 is 0 Å². The van der Waals surface area contributed by atoms with E-state index in [0.29, 0.717) is 0 Å². The number of nitrogens with one attached hydrogen (secondary N) is 3. The molecule has 0 atom stereocenters. The number of imidazole rings is 1. The predicted molar refractivity (Wildman–Crippen MR) is 79.5 cm³/mol. The van der Waals surface area contributed by atoms with Gasteiger partial charge in [-0.15, -0.1) is 0 Å². The van der Waals surface area contributed by atoms with Gasteiger partial charge in [0.05, 0.1) is 23.7 Å². The highest BCUT2D eigenvalue weighted by Crippen LogP contribution is 2.22. The Hall–Kier alpha value is -2.74. The van der Waals surface area contributed by atoms with Crippen LogP contribution in [0.1, 0.15) is 5.69 Å². The topological polar surface area (TPSA) is 86.4 Å². The molecular formula is C13H12N7S+. The van der Waals surface area contributed by atoms with E-state index in [1.807, 2.05) is 36.0 Å². The maximum absolute atomic E-state index is 4.40. The van der Waals surface area contributed by atoms with Gasteiger partial charge in [-0.25, -0.2) is 9.97 Å². The van der Waals surface area contributed by atoms with E-state index in [-0.39, 0.29) is 0 Å². The minimum Gasteiger partial charge on any atom is -0.324 e. The van der Waals surface area contributed by atoms with Gasteiger partial charge in [0.15, 0.2) is 5.69 Å². The minimum atomic E-state index is 0.760. The van der Waals surface area contributed by atoms with Crippen molar-refractivity contribution in [3.63, 3.8) is 0 Å². The van der Waals surface area contributed by atoms with Crippen LogP contribution in [0.2, 0.25) is 0 Å². The van der Waals surface area contributed by atoms with Gasteiger partial charge in [-0.3, -0.25) is 5.10 Å². The molecule has 0 aliphatic rings. The third kappa shape index (κ3) is 2.05. The number of aryl methyl sites for hydroxylation is 1. The van der Waals surface area contributed by atoms with Crippen LogP contribution in [0, 0.1) is 6.92 Å². The van der Waals surface area contributed by atoms with Gasteiger partial charge >= 0.3 is 5.65 Å². The van der Waals surface area contributed by atoms with E-state index in [0.717, 1.165) is 33.4 Å². The molecule has 0 aliphatic carbocycles. The van der Waals surface area contributed by atoms with Crippen molar-refractivity contribution < 1.29 is 4.40 Å². The van der Waals surface area contributed by atoms with Gasteiger partial charge in [-0.2, -0.15) is 13.9 Å². The van der Waals surface area contributed by atoms with E-state index >= 15 is 0 Å². The number of hydrogen-bond donors (Lipinski definition) is 3. The lowest BCUT2D eigenvalue weighted by atomic mass is 10.3. The van der Waals surface area contributed by atoms with E-state index in [1.54, 1.807) is 12.4 Å².